The third kappa shape index (κ3) is 2.99. The average molecular weight is 214 g/mol. The highest BCUT2D eigenvalue weighted by atomic mass is 16.3. The Morgan fingerprint density at radius 3 is 2.44 bits per heavy atom. The van der Waals surface area contributed by atoms with E-state index < -0.39 is 0 Å². The second-order valence-electron chi connectivity index (χ2n) is 4.13. The number of hydrogen-bond donors (Lipinski definition) is 0. The third-order valence-corrected chi connectivity index (χ3v) is 2.72. The van der Waals surface area contributed by atoms with Gasteiger partial charge in [-0.25, -0.2) is 0 Å². The molecule has 1 aromatic heterocycles. The van der Waals surface area contributed by atoms with Gasteiger partial charge in [-0.2, -0.15) is 0 Å². The molecule has 1 heterocycles. The Labute approximate surface area is 97.1 Å². The molecule has 0 saturated carbocycles. The first kappa shape index (κ1) is 11.0. The SMILES string of the molecule is CCCCc1ccc(Cc2ccccc2)o1. The van der Waals surface area contributed by atoms with Crippen molar-refractivity contribution in [2.45, 2.75) is 32.6 Å². The van der Waals surface area contributed by atoms with Gasteiger partial charge in [0.25, 0.3) is 0 Å². The summed E-state index contributed by atoms with van der Waals surface area (Å²) in [6.45, 7) is 2.20. The number of rotatable bonds is 5. The van der Waals surface area contributed by atoms with Crippen molar-refractivity contribution in [1.82, 2.24) is 0 Å². The summed E-state index contributed by atoms with van der Waals surface area (Å²) < 4.78 is 5.79. The van der Waals surface area contributed by atoms with Crippen LogP contribution in [0.5, 0.6) is 0 Å². The van der Waals surface area contributed by atoms with Crippen LogP contribution in [0.25, 0.3) is 0 Å². The molecule has 0 atom stereocenters. The van der Waals surface area contributed by atoms with Crippen molar-refractivity contribution in [1.29, 1.82) is 0 Å². The van der Waals surface area contributed by atoms with E-state index in [1.165, 1.54) is 18.4 Å². The molecule has 1 aromatic carbocycles. The van der Waals surface area contributed by atoms with Crippen molar-refractivity contribution in [2.24, 2.45) is 0 Å². The lowest BCUT2D eigenvalue weighted by Crippen LogP contribution is -1.84. The molecular formula is C15H18O. The van der Waals surface area contributed by atoms with Crippen LogP contribution in [0.15, 0.2) is 46.9 Å². The first-order valence-corrected chi connectivity index (χ1v) is 6.00. The van der Waals surface area contributed by atoms with Crippen molar-refractivity contribution in [3.05, 3.63) is 59.5 Å². The molecule has 0 amide bonds. The molecule has 1 nitrogen and oxygen atoms in total. The lowest BCUT2D eigenvalue weighted by atomic mass is 10.1. The van der Waals surface area contributed by atoms with E-state index in [9.17, 15) is 0 Å². The zero-order chi connectivity index (χ0) is 11.2. The van der Waals surface area contributed by atoms with Crippen LogP contribution >= 0.6 is 0 Å². The maximum Gasteiger partial charge on any atom is 0.108 e. The van der Waals surface area contributed by atoms with Crippen molar-refractivity contribution >= 4 is 0 Å². The summed E-state index contributed by atoms with van der Waals surface area (Å²) in [5.41, 5.74) is 1.30. The van der Waals surface area contributed by atoms with Crippen LogP contribution < -0.4 is 0 Å². The van der Waals surface area contributed by atoms with E-state index in [1.54, 1.807) is 0 Å². The second kappa shape index (κ2) is 5.55. The second-order valence-corrected chi connectivity index (χ2v) is 4.13. The Morgan fingerprint density at radius 2 is 1.69 bits per heavy atom. The molecule has 0 fully saturated rings. The Kier molecular flexibility index (Phi) is 3.81. The zero-order valence-corrected chi connectivity index (χ0v) is 9.78. The molecule has 0 N–H and O–H groups in total. The van der Waals surface area contributed by atoms with Gasteiger partial charge in [0.15, 0.2) is 0 Å². The van der Waals surface area contributed by atoms with Crippen LogP contribution in [0.1, 0.15) is 36.8 Å². The van der Waals surface area contributed by atoms with Gasteiger partial charge < -0.3 is 4.42 Å². The Bertz CT molecular complexity index is 414. The Morgan fingerprint density at radius 1 is 0.938 bits per heavy atom. The number of hydrogen-bond acceptors (Lipinski definition) is 1. The van der Waals surface area contributed by atoms with Crippen molar-refractivity contribution in [3.8, 4) is 0 Å². The predicted molar refractivity (Wildman–Crippen MR) is 66.6 cm³/mol. The summed E-state index contributed by atoms with van der Waals surface area (Å²) >= 11 is 0. The molecule has 16 heavy (non-hydrogen) atoms. The number of unbranched alkanes of at least 4 members (excludes halogenated alkanes) is 1. The van der Waals surface area contributed by atoms with Gasteiger partial charge in [-0.15, -0.1) is 0 Å². The van der Waals surface area contributed by atoms with Crippen LogP contribution in [-0.4, -0.2) is 0 Å². The number of furan rings is 1. The van der Waals surface area contributed by atoms with Crippen LogP contribution in [-0.2, 0) is 12.8 Å². The molecule has 0 bridgehead atoms. The first-order chi connectivity index (χ1) is 7.88. The minimum atomic E-state index is 0.896. The summed E-state index contributed by atoms with van der Waals surface area (Å²) in [5, 5.41) is 0. The number of aryl methyl sites for hydroxylation is 1. The molecule has 0 aliphatic rings. The molecule has 0 unspecified atom stereocenters. The molecule has 0 saturated heterocycles. The van der Waals surface area contributed by atoms with Gasteiger partial charge in [0.05, 0.1) is 0 Å². The molecule has 0 radical (unpaired) electrons. The summed E-state index contributed by atoms with van der Waals surface area (Å²) in [7, 11) is 0. The van der Waals surface area contributed by atoms with E-state index in [2.05, 4.69) is 43.3 Å². The van der Waals surface area contributed by atoms with Crippen LogP contribution in [0, 0.1) is 0 Å². The van der Waals surface area contributed by atoms with E-state index in [0.717, 1.165) is 24.4 Å². The van der Waals surface area contributed by atoms with E-state index in [0.29, 0.717) is 0 Å². The summed E-state index contributed by atoms with van der Waals surface area (Å²) in [6.07, 6.45) is 4.38. The fraction of sp³-hybridized carbons (Fsp3) is 0.333. The van der Waals surface area contributed by atoms with Crippen molar-refractivity contribution in [3.63, 3.8) is 0 Å². The summed E-state index contributed by atoms with van der Waals surface area (Å²) in [4.78, 5) is 0. The lowest BCUT2D eigenvalue weighted by molar-refractivity contribution is 0.466. The minimum absolute atomic E-state index is 0.896. The Hall–Kier alpha value is -1.50. The van der Waals surface area contributed by atoms with E-state index >= 15 is 0 Å². The third-order valence-electron chi connectivity index (χ3n) is 2.72. The summed E-state index contributed by atoms with van der Waals surface area (Å²) in [5.74, 6) is 2.19. The highest BCUT2D eigenvalue weighted by molar-refractivity contribution is 5.21. The largest absolute Gasteiger partial charge is 0.466 e. The van der Waals surface area contributed by atoms with Gasteiger partial charge in [-0.1, -0.05) is 43.7 Å². The highest BCUT2D eigenvalue weighted by Gasteiger charge is 2.02. The summed E-state index contributed by atoms with van der Waals surface area (Å²) in [6, 6.07) is 14.6. The minimum Gasteiger partial charge on any atom is -0.466 e. The maximum absolute atomic E-state index is 5.79. The van der Waals surface area contributed by atoms with Crippen LogP contribution in [0.2, 0.25) is 0 Å². The van der Waals surface area contributed by atoms with Gasteiger partial charge in [0.1, 0.15) is 11.5 Å². The molecule has 2 aromatic rings. The van der Waals surface area contributed by atoms with Crippen LogP contribution in [0.3, 0.4) is 0 Å². The highest BCUT2D eigenvalue weighted by Crippen LogP contribution is 2.14. The van der Waals surface area contributed by atoms with Gasteiger partial charge in [0, 0.05) is 12.8 Å². The Balaban J connectivity index is 1.97. The van der Waals surface area contributed by atoms with Crippen LogP contribution in [0.4, 0.5) is 0 Å². The molecule has 0 aliphatic heterocycles. The monoisotopic (exact) mass is 214 g/mol. The van der Waals surface area contributed by atoms with E-state index in [1.807, 2.05) is 6.07 Å². The lowest BCUT2D eigenvalue weighted by Gasteiger charge is -1.98. The molecule has 2 rings (SSSR count). The molecule has 84 valence electrons. The quantitative estimate of drug-likeness (QED) is 0.726. The van der Waals surface area contributed by atoms with Gasteiger partial charge in [-0.05, 0) is 24.1 Å². The molecule has 0 aliphatic carbocycles. The van der Waals surface area contributed by atoms with Gasteiger partial charge in [0.2, 0.25) is 0 Å². The fourth-order valence-electron chi connectivity index (χ4n) is 1.80. The molecule has 1 heteroatoms. The van der Waals surface area contributed by atoms with Gasteiger partial charge in [-0.3, -0.25) is 0 Å². The molecular weight excluding hydrogens is 196 g/mol. The van der Waals surface area contributed by atoms with Crippen molar-refractivity contribution in [2.75, 3.05) is 0 Å². The average Bonchev–Trinajstić information content (AvgIpc) is 2.75. The van der Waals surface area contributed by atoms with Crippen molar-refractivity contribution < 1.29 is 4.42 Å². The predicted octanol–water partition coefficient (Wildman–Crippen LogP) is 4.21. The smallest absolute Gasteiger partial charge is 0.108 e. The van der Waals surface area contributed by atoms with E-state index in [-0.39, 0.29) is 0 Å². The number of benzene rings is 1. The topological polar surface area (TPSA) is 13.1 Å². The standard InChI is InChI=1S/C15H18O/c1-2-3-9-14-10-11-15(16-14)12-13-7-5-4-6-8-13/h4-8,10-11H,2-3,9,12H2,1H3. The molecule has 0 spiro atoms. The normalized spacial score (nSPS) is 10.6. The van der Waals surface area contributed by atoms with Gasteiger partial charge >= 0.3 is 0 Å². The maximum atomic E-state index is 5.79. The first-order valence-electron chi connectivity index (χ1n) is 6.00. The van der Waals surface area contributed by atoms with E-state index in [4.69, 9.17) is 4.42 Å². The fourth-order valence-corrected chi connectivity index (χ4v) is 1.80. The zero-order valence-electron chi connectivity index (χ0n) is 9.78.